The number of carbonyl (C=O) groups is 8. The highest BCUT2D eigenvalue weighted by molar-refractivity contribution is 5.98. The first-order chi connectivity index (χ1) is 36.2. The Balaban J connectivity index is 2.48. The molecular formula is C54H88N14O9. The molecule has 18 N–H and O–H groups in total. The molecule has 7 atom stereocenters. The highest BCUT2D eigenvalue weighted by Gasteiger charge is 2.35. The first kappa shape index (κ1) is 65.8. The number of rotatable bonds is 34. The number of unbranched alkanes of at least 4 members (excludes halogenated alkanes) is 1. The lowest BCUT2D eigenvalue weighted by atomic mass is 9.98. The summed E-state index contributed by atoms with van der Waals surface area (Å²) < 4.78 is 0. The molecule has 0 bridgehead atoms. The van der Waals surface area contributed by atoms with Crippen LogP contribution in [-0.2, 0) is 51.3 Å². The number of nitrogens with two attached hydrogens (primary N) is 4. The number of nitrogens with one attached hydrogen (secondary N) is 9. The van der Waals surface area contributed by atoms with Gasteiger partial charge in [0.05, 0.1) is 0 Å². The Morgan fingerprint density at radius 2 is 0.961 bits per heavy atom. The van der Waals surface area contributed by atoms with Gasteiger partial charge in [-0.15, -0.1) is 0 Å². The molecule has 428 valence electrons. The van der Waals surface area contributed by atoms with Gasteiger partial charge in [0.1, 0.15) is 53.9 Å². The molecule has 23 nitrogen and oxygen atoms in total. The Kier molecular flexibility index (Phi) is 28.8. The standard InChI is InChI=1S/C54H88N14O9/c1-30(2)25-41(62-34(9)69)49(73)65-43(27-32(5)6)51(75)67-44(28-35-17-21-38(70)22-18-35)52(76)66-42(26-31(3)4)50(74)63-40(14-12-24-60-54(58)59)48(72)68-45(33(7)8)53(77)64-39(13-10-11-23-55)47(71)61-29-36-15-19-37(20-16-36)46(56)57/h15-22,30-33,39-45,70H,10-14,23-29,55H2,1-9H3,(H3,56,57)(H,61,71)(H,62,69)(H,63,74)(H,64,77)(H,65,73)(H,66,76)(H,67,75)(H,68,72)(H4,58,59,60)/t39-,40-,41-,42-,43-,44-,45-/m0/s1. The van der Waals surface area contributed by atoms with Crippen LogP contribution in [0.1, 0.15) is 130 Å². The van der Waals surface area contributed by atoms with Crippen LogP contribution >= 0.6 is 0 Å². The molecule has 0 saturated carbocycles. The van der Waals surface area contributed by atoms with Gasteiger partial charge < -0.3 is 70.6 Å². The van der Waals surface area contributed by atoms with Crippen LogP contribution in [0.25, 0.3) is 0 Å². The van der Waals surface area contributed by atoms with E-state index in [0.29, 0.717) is 36.9 Å². The number of nitrogens with zero attached hydrogens (tertiary/aromatic N) is 1. The lowest BCUT2D eigenvalue weighted by Gasteiger charge is -2.29. The van der Waals surface area contributed by atoms with Crippen molar-refractivity contribution in [1.29, 1.82) is 5.41 Å². The number of benzene rings is 2. The van der Waals surface area contributed by atoms with Crippen molar-refractivity contribution in [3.63, 3.8) is 0 Å². The smallest absolute Gasteiger partial charge is 0.243 e. The molecule has 0 spiro atoms. The van der Waals surface area contributed by atoms with Gasteiger partial charge in [0.2, 0.25) is 47.3 Å². The van der Waals surface area contributed by atoms with E-state index in [1.165, 1.54) is 19.1 Å². The van der Waals surface area contributed by atoms with Crippen molar-refractivity contribution >= 4 is 59.1 Å². The molecule has 2 aromatic carbocycles. The molecule has 0 aromatic heterocycles. The summed E-state index contributed by atoms with van der Waals surface area (Å²) in [6.07, 6.45) is 2.00. The van der Waals surface area contributed by atoms with Crippen molar-refractivity contribution in [3.05, 3.63) is 65.2 Å². The molecule has 23 heteroatoms. The molecule has 0 unspecified atom stereocenters. The van der Waals surface area contributed by atoms with Gasteiger partial charge in [0, 0.05) is 32.0 Å². The number of amides is 8. The highest BCUT2D eigenvalue weighted by atomic mass is 16.3. The molecule has 0 aliphatic carbocycles. The van der Waals surface area contributed by atoms with Crippen LogP contribution in [0.5, 0.6) is 5.75 Å². The normalized spacial score (nSPS) is 13.9. The van der Waals surface area contributed by atoms with Crippen molar-refractivity contribution in [2.45, 2.75) is 169 Å². The summed E-state index contributed by atoms with van der Waals surface area (Å²) in [6.45, 7) is 16.5. The van der Waals surface area contributed by atoms with Gasteiger partial charge in [-0.1, -0.05) is 91.8 Å². The van der Waals surface area contributed by atoms with E-state index >= 15 is 0 Å². The van der Waals surface area contributed by atoms with E-state index in [1.807, 2.05) is 41.5 Å². The lowest BCUT2D eigenvalue weighted by Crippen LogP contribution is -2.61. The predicted octanol–water partition coefficient (Wildman–Crippen LogP) is 0.926. The predicted molar refractivity (Wildman–Crippen MR) is 296 cm³/mol. The quantitative estimate of drug-likeness (QED) is 0.0264. The molecule has 77 heavy (non-hydrogen) atoms. The Morgan fingerprint density at radius 1 is 0.532 bits per heavy atom. The van der Waals surface area contributed by atoms with Crippen molar-refractivity contribution in [2.75, 3.05) is 13.1 Å². The average Bonchev–Trinajstić information content (AvgIpc) is 3.34. The molecule has 0 radical (unpaired) electrons. The Bertz CT molecular complexity index is 2290. The van der Waals surface area contributed by atoms with E-state index in [0.717, 1.165) is 5.56 Å². The number of nitrogen functional groups attached to an aromatic ring is 1. The monoisotopic (exact) mass is 1080 g/mol. The number of phenolic OH excluding ortho intramolecular Hbond substituents is 1. The molecule has 8 amide bonds. The van der Waals surface area contributed by atoms with Gasteiger partial charge in [0.15, 0.2) is 5.96 Å². The maximum atomic E-state index is 14.5. The zero-order chi connectivity index (χ0) is 57.9. The van der Waals surface area contributed by atoms with Crippen LogP contribution in [-0.4, -0.2) is 120 Å². The third kappa shape index (κ3) is 25.4. The minimum atomic E-state index is -1.33. The molecule has 2 aromatic rings. The van der Waals surface area contributed by atoms with Crippen LogP contribution in [0, 0.1) is 29.1 Å². The molecule has 0 aliphatic rings. The van der Waals surface area contributed by atoms with E-state index < -0.39 is 95.5 Å². The first-order valence-electron chi connectivity index (χ1n) is 26.5. The molecule has 2 rings (SSSR count). The highest BCUT2D eigenvalue weighted by Crippen LogP contribution is 2.16. The van der Waals surface area contributed by atoms with Crippen molar-refractivity contribution < 1.29 is 43.5 Å². The van der Waals surface area contributed by atoms with Crippen LogP contribution in [0.4, 0.5) is 0 Å². The zero-order valence-electron chi connectivity index (χ0n) is 46.4. The third-order valence-electron chi connectivity index (χ3n) is 12.2. The minimum absolute atomic E-state index is 0.0108. The van der Waals surface area contributed by atoms with E-state index in [-0.39, 0.29) is 86.9 Å². The fourth-order valence-corrected chi connectivity index (χ4v) is 8.22. The van der Waals surface area contributed by atoms with E-state index in [4.69, 9.17) is 28.3 Å². The van der Waals surface area contributed by atoms with Crippen LogP contribution in [0.15, 0.2) is 53.5 Å². The lowest BCUT2D eigenvalue weighted by molar-refractivity contribution is -0.136. The van der Waals surface area contributed by atoms with E-state index in [9.17, 15) is 43.5 Å². The molecule has 0 fully saturated rings. The van der Waals surface area contributed by atoms with Gasteiger partial charge in [-0.2, -0.15) is 0 Å². The largest absolute Gasteiger partial charge is 0.508 e. The Hall–Kier alpha value is -7.30. The van der Waals surface area contributed by atoms with Crippen LogP contribution in [0.3, 0.4) is 0 Å². The SMILES string of the molecule is CC(=O)N[C@@H](CC(C)C)C(=O)N[C@@H](CC(C)C)C(=O)N[C@@H](Cc1ccc(O)cc1)C(=O)N[C@@H](CC(C)C)C(=O)N[C@@H](CCCN=C(N)N)C(=O)N[C@H](C(=O)N[C@@H](CCCCN)C(=O)NCc1ccc(C(=N)N)cc1)C(C)C. The number of aliphatic imine (C=N–C) groups is 1. The summed E-state index contributed by atoms with van der Waals surface area (Å²) in [5.74, 6) is -6.14. The van der Waals surface area contributed by atoms with Gasteiger partial charge in [-0.3, -0.25) is 48.8 Å². The van der Waals surface area contributed by atoms with Crippen molar-refractivity contribution in [1.82, 2.24) is 42.5 Å². The van der Waals surface area contributed by atoms with Gasteiger partial charge >= 0.3 is 0 Å². The second-order valence-electron chi connectivity index (χ2n) is 21.1. The second-order valence-corrected chi connectivity index (χ2v) is 21.1. The number of hydrogen-bond acceptors (Lipinski definition) is 12. The van der Waals surface area contributed by atoms with E-state index in [1.54, 1.807) is 50.2 Å². The topological polar surface area (TPSA) is 393 Å². The Labute approximate surface area is 453 Å². The zero-order valence-corrected chi connectivity index (χ0v) is 46.4. The van der Waals surface area contributed by atoms with Gasteiger partial charge in [-0.05, 0) is 105 Å². The molecule has 0 saturated heterocycles. The minimum Gasteiger partial charge on any atom is -0.508 e. The van der Waals surface area contributed by atoms with Crippen molar-refractivity contribution in [2.24, 2.45) is 51.6 Å². The number of guanidine groups is 1. The fourth-order valence-electron chi connectivity index (χ4n) is 8.22. The molecule has 0 aliphatic heterocycles. The number of hydrogen-bond donors (Lipinski definition) is 14. The number of phenols is 1. The number of amidine groups is 1. The van der Waals surface area contributed by atoms with E-state index in [2.05, 4.69) is 47.5 Å². The Morgan fingerprint density at radius 3 is 1.43 bits per heavy atom. The van der Waals surface area contributed by atoms with Crippen LogP contribution < -0.4 is 65.5 Å². The maximum absolute atomic E-state index is 14.5. The van der Waals surface area contributed by atoms with Gasteiger partial charge in [-0.25, -0.2) is 0 Å². The number of carbonyl (C=O) groups excluding carboxylic acids is 8. The maximum Gasteiger partial charge on any atom is 0.243 e. The van der Waals surface area contributed by atoms with Gasteiger partial charge in [0.25, 0.3) is 0 Å². The summed E-state index contributed by atoms with van der Waals surface area (Å²) in [4.78, 5) is 115. The molecular weight excluding hydrogens is 989 g/mol. The number of aromatic hydroxyl groups is 1. The summed E-state index contributed by atoms with van der Waals surface area (Å²) >= 11 is 0. The summed E-state index contributed by atoms with van der Waals surface area (Å²) in [5, 5.41) is 39.9. The van der Waals surface area contributed by atoms with Crippen molar-refractivity contribution in [3.8, 4) is 5.75 Å². The summed E-state index contributed by atoms with van der Waals surface area (Å²) in [6, 6.07) is 4.63. The fraction of sp³-hybridized carbons (Fsp3) is 0.593. The summed E-state index contributed by atoms with van der Waals surface area (Å²) in [7, 11) is 0. The average molecular weight is 1080 g/mol. The second kappa shape index (κ2) is 33.7. The summed E-state index contributed by atoms with van der Waals surface area (Å²) in [5.41, 5.74) is 24.3. The van der Waals surface area contributed by atoms with Crippen LogP contribution in [0.2, 0.25) is 0 Å². The third-order valence-corrected chi connectivity index (χ3v) is 12.2. The molecule has 0 heterocycles. The first-order valence-corrected chi connectivity index (χ1v) is 26.5.